The number of benzene rings is 2. The Morgan fingerprint density at radius 1 is 1.16 bits per heavy atom. The van der Waals surface area contributed by atoms with Gasteiger partial charge in [0.15, 0.2) is 6.61 Å². The number of aromatic nitrogens is 2. The fourth-order valence-corrected chi connectivity index (χ4v) is 3.06. The Kier molecular flexibility index (Phi) is 3.91. The lowest BCUT2D eigenvalue weighted by atomic mass is 10.1. The highest BCUT2D eigenvalue weighted by molar-refractivity contribution is 7.13. The standard InChI is InChI=1S/C18H12N2O4S/c21-14-9-12-5-2-1-4-11(12)8-13(14)18(22)23-10-16-19-17(24-20-16)15-6-3-7-25-15/h1-9,21H,10H2. The lowest BCUT2D eigenvalue weighted by molar-refractivity contribution is 0.0456. The van der Waals surface area contributed by atoms with E-state index in [-0.39, 0.29) is 23.7 Å². The van der Waals surface area contributed by atoms with Crippen LogP contribution in [-0.4, -0.2) is 21.2 Å². The van der Waals surface area contributed by atoms with E-state index in [4.69, 9.17) is 9.26 Å². The number of hydrogen-bond acceptors (Lipinski definition) is 7. The molecule has 0 aliphatic carbocycles. The molecule has 0 fully saturated rings. The van der Waals surface area contributed by atoms with Gasteiger partial charge in [0, 0.05) is 0 Å². The maximum atomic E-state index is 12.3. The summed E-state index contributed by atoms with van der Waals surface area (Å²) < 4.78 is 10.3. The zero-order valence-electron chi connectivity index (χ0n) is 12.9. The molecule has 4 aromatic rings. The third kappa shape index (κ3) is 3.09. The molecular weight excluding hydrogens is 340 g/mol. The van der Waals surface area contributed by atoms with Crippen LogP contribution in [0.25, 0.3) is 21.5 Å². The van der Waals surface area contributed by atoms with Crippen molar-refractivity contribution in [2.75, 3.05) is 0 Å². The molecule has 0 atom stereocenters. The van der Waals surface area contributed by atoms with Crippen LogP contribution in [-0.2, 0) is 11.3 Å². The zero-order valence-corrected chi connectivity index (χ0v) is 13.7. The third-order valence-corrected chi connectivity index (χ3v) is 4.47. The summed E-state index contributed by atoms with van der Waals surface area (Å²) in [6.45, 7) is -0.139. The molecule has 0 amide bonds. The van der Waals surface area contributed by atoms with Crippen LogP contribution in [0, 0.1) is 0 Å². The number of ether oxygens (including phenoxy) is 1. The van der Waals surface area contributed by atoms with Gasteiger partial charge in [-0.25, -0.2) is 4.79 Å². The summed E-state index contributed by atoms with van der Waals surface area (Å²) in [7, 11) is 0. The number of aromatic hydroxyl groups is 1. The monoisotopic (exact) mass is 352 g/mol. The van der Waals surface area contributed by atoms with Crippen LogP contribution in [0.3, 0.4) is 0 Å². The number of carbonyl (C=O) groups is 1. The summed E-state index contributed by atoms with van der Waals surface area (Å²) in [6, 6.07) is 14.3. The lowest BCUT2D eigenvalue weighted by Gasteiger charge is -2.06. The molecule has 25 heavy (non-hydrogen) atoms. The Morgan fingerprint density at radius 3 is 2.72 bits per heavy atom. The Bertz CT molecular complexity index is 1040. The van der Waals surface area contributed by atoms with Crippen molar-refractivity contribution >= 4 is 28.1 Å². The van der Waals surface area contributed by atoms with Gasteiger partial charge in [-0.3, -0.25) is 0 Å². The first-order valence-electron chi connectivity index (χ1n) is 7.46. The number of phenols is 1. The second-order valence-corrected chi connectivity index (χ2v) is 6.23. The van der Waals surface area contributed by atoms with Crippen molar-refractivity contribution in [3.63, 3.8) is 0 Å². The normalized spacial score (nSPS) is 10.9. The van der Waals surface area contributed by atoms with Crippen molar-refractivity contribution in [3.8, 4) is 16.5 Å². The second kappa shape index (κ2) is 6.37. The first-order chi connectivity index (χ1) is 12.2. The number of rotatable bonds is 4. The van der Waals surface area contributed by atoms with Crippen LogP contribution in [0.1, 0.15) is 16.2 Å². The summed E-state index contributed by atoms with van der Waals surface area (Å²) >= 11 is 1.48. The molecule has 0 bridgehead atoms. The fraction of sp³-hybridized carbons (Fsp3) is 0.0556. The molecule has 124 valence electrons. The van der Waals surface area contributed by atoms with Gasteiger partial charge in [0.2, 0.25) is 5.82 Å². The van der Waals surface area contributed by atoms with E-state index in [1.54, 1.807) is 6.07 Å². The number of phenolic OH excluding ortho intramolecular Hbond substituents is 1. The van der Waals surface area contributed by atoms with Gasteiger partial charge in [-0.15, -0.1) is 11.3 Å². The Hall–Kier alpha value is -3.19. The predicted molar refractivity (Wildman–Crippen MR) is 92.3 cm³/mol. The van der Waals surface area contributed by atoms with E-state index in [1.165, 1.54) is 17.4 Å². The topological polar surface area (TPSA) is 85.5 Å². The summed E-state index contributed by atoms with van der Waals surface area (Å²) in [5.41, 5.74) is 0.0978. The van der Waals surface area contributed by atoms with Crippen LogP contribution < -0.4 is 0 Å². The highest BCUT2D eigenvalue weighted by atomic mass is 32.1. The minimum atomic E-state index is -0.647. The van der Waals surface area contributed by atoms with Gasteiger partial charge in [0.05, 0.1) is 4.88 Å². The molecule has 1 N–H and O–H groups in total. The average molecular weight is 352 g/mol. The van der Waals surface area contributed by atoms with E-state index in [9.17, 15) is 9.90 Å². The summed E-state index contributed by atoms with van der Waals surface area (Å²) in [6.07, 6.45) is 0. The molecule has 2 aromatic carbocycles. The Balaban J connectivity index is 1.50. The van der Waals surface area contributed by atoms with Gasteiger partial charge in [-0.05, 0) is 34.4 Å². The maximum absolute atomic E-state index is 12.3. The van der Waals surface area contributed by atoms with Crippen LogP contribution in [0.15, 0.2) is 58.4 Å². The van der Waals surface area contributed by atoms with Gasteiger partial charge in [0.1, 0.15) is 11.3 Å². The summed E-state index contributed by atoms with van der Waals surface area (Å²) in [5, 5.41) is 17.4. The van der Waals surface area contributed by atoms with Crippen LogP contribution in [0.4, 0.5) is 0 Å². The number of carbonyl (C=O) groups excluding carboxylic acids is 1. The van der Waals surface area contributed by atoms with Crippen molar-refractivity contribution in [2.24, 2.45) is 0 Å². The average Bonchev–Trinajstić information content (AvgIpc) is 3.30. The molecule has 0 aliphatic rings. The lowest BCUT2D eigenvalue weighted by Crippen LogP contribution is -2.06. The molecule has 2 heterocycles. The molecule has 0 saturated heterocycles. The molecule has 4 rings (SSSR count). The van der Waals surface area contributed by atoms with Crippen molar-refractivity contribution < 1.29 is 19.2 Å². The van der Waals surface area contributed by atoms with Crippen molar-refractivity contribution in [3.05, 3.63) is 65.3 Å². The molecule has 6 nitrogen and oxygen atoms in total. The zero-order chi connectivity index (χ0) is 17.2. The minimum absolute atomic E-state index is 0.0978. The van der Waals surface area contributed by atoms with Gasteiger partial charge in [-0.1, -0.05) is 35.5 Å². The highest BCUT2D eigenvalue weighted by Crippen LogP contribution is 2.26. The maximum Gasteiger partial charge on any atom is 0.342 e. The SMILES string of the molecule is O=C(OCc1noc(-c2cccs2)n1)c1cc2ccccc2cc1O. The molecule has 0 unspecified atom stereocenters. The Labute approximate surface area is 146 Å². The number of esters is 1. The highest BCUT2D eigenvalue weighted by Gasteiger charge is 2.16. The van der Waals surface area contributed by atoms with Gasteiger partial charge in [0.25, 0.3) is 5.89 Å². The van der Waals surface area contributed by atoms with Crippen molar-refractivity contribution in [1.82, 2.24) is 10.1 Å². The molecule has 2 aromatic heterocycles. The van der Waals surface area contributed by atoms with Gasteiger partial charge < -0.3 is 14.4 Å². The molecule has 0 radical (unpaired) electrons. The fourth-order valence-electron chi connectivity index (χ4n) is 2.41. The molecule has 7 heteroatoms. The first kappa shape index (κ1) is 15.3. The molecule has 0 aliphatic heterocycles. The molecular formula is C18H12N2O4S. The number of fused-ring (bicyclic) bond motifs is 1. The van der Waals surface area contributed by atoms with Crippen LogP contribution >= 0.6 is 11.3 Å². The number of hydrogen-bond donors (Lipinski definition) is 1. The second-order valence-electron chi connectivity index (χ2n) is 5.29. The summed E-state index contributed by atoms with van der Waals surface area (Å²) in [5.74, 6) is -0.131. The predicted octanol–water partition coefficient (Wildman–Crippen LogP) is 4.01. The molecule has 0 saturated carbocycles. The smallest absolute Gasteiger partial charge is 0.342 e. The summed E-state index contributed by atoms with van der Waals surface area (Å²) in [4.78, 5) is 17.3. The van der Waals surface area contributed by atoms with Crippen LogP contribution in [0.5, 0.6) is 5.75 Å². The number of nitrogens with zero attached hydrogens (tertiary/aromatic N) is 2. The number of thiophene rings is 1. The third-order valence-electron chi connectivity index (χ3n) is 3.62. The minimum Gasteiger partial charge on any atom is -0.507 e. The largest absolute Gasteiger partial charge is 0.507 e. The van der Waals surface area contributed by atoms with E-state index in [1.807, 2.05) is 41.8 Å². The van der Waals surface area contributed by atoms with E-state index in [0.29, 0.717) is 5.89 Å². The van der Waals surface area contributed by atoms with E-state index >= 15 is 0 Å². The Morgan fingerprint density at radius 2 is 1.96 bits per heavy atom. The van der Waals surface area contributed by atoms with Gasteiger partial charge >= 0.3 is 5.97 Å². The van der Waals surface area contributed by atoms with E-state index in [0.717, 1.165) is 15.6 Å². The van der Waals surface area contributed by atoms with E-state index in [2.05, 4.69) is 10.1 Å². The van der Waals surface area contributed by atoms with Crippen molar-refractivity contribution in [1.29, 1.82) is 0 Å². The van der Waals surface area contributed by atoms with Gasteiger partial charge in [-0.2, -0.15) is 4.98 Å². The molecule has 0 spiro atoms. The van der Waals surface area contributed by atoms with Crippen molar-refractivity contribution in [2.45, 2.75) is 6.61 Å². The first-order valence-corrected chi connectivity index (χ1v) is 8.34. The van der Waals surface area contributed by atoms with Crippen LogP contribution in [0.2, 0.25) is 0 Å². The van der Waals surface area contributed by atoms with E-state index < -0.39 is 5.97 Å². The quantitative estimate of drug-likeness (QED) is 0.559.